The van der Waals surface area contributed by atoms with Crippen LogP contribution in [0.25, 0.3) is 0 Å². The molecule has 2 rings (SSSR count). The summed E-state index contributed by atoms with van der Waals surface area (Å²) in [5.41, 5.74) is 0.986. The standard InChI is InChI=1S/C16H23N3O2/c20-15(13-14-5-2-1-3-6-14)18-9-7-16(21)19-11-4-8-17-10-12-19/h1-3,5-6,17H,4,7-13H2,(H,18,20). The molecule has 1 fully saturated rings. The summed E-state index contributed by atoms with van der Waals surface area (Å²) in [6.45, 7) is 3.80. The van der Waals surface area contributed by atoms with Gasteiger partial charge in [-0.2, -0.15) is 0 Å². The number of hydrogen-bond donors (Lipinski definition) is 2. The fourth-order valence-electron chi connectivity index (χ4n) is 2.41. The molecule has 5 heteroatoms. The largest absolute Gasteiger partial charge is 0.355 e. The molecule has 0 radical (unpaired) electrons. The summed E-state index contributed by atoms with van der Waals surface area (Å²) in [5, 5.41) is 6.08. The molecular formula is C16H23N3O2. The minimum Gasteiger partial charge on any atom is -0.355 e. The van der Waals surface area contributed by atoms with E-state index in [9.17, 15) is 9.59 Å². The fraction of sp³-hybridized carbons (Fsp3) is 0.500. The van der Waals surface area contributed by atoms with Crippen molar-refractivity contribution in [3.63, 3.8) is 0 Å². The van der Waals surface area contributed by atoms with E-state index in [0.717, 1.165) is 38.2 Å². The number of amides is 2. The van der Waals surface area contributed by atoms with E-state index in [-0.39, 0.29) is 11.8 Å². The zero-order valence-corrected chi connectivity index (χ0v) is 12.3. The molecule has 1 saturated heterocycles. The van der Waals surface area contributed by atoms with E-state index >= 15 is 0 Å². The molecule has 0 bridgehead atoms. The lowest BCUT2D eigenvalue weighted by atomic mass is 10.1. The average molecular weight is 289 g/mol. The Bertz CT molecular complexity index is 454. The Morgan fingerprint density at radius 2 is 1.95 bits per heavy atom. The topological polar surface area (TPSA) is 61.4 Å². The third-order valence-electron chi connectivity index (χ3n) is 3.56. The Hall–Kier alpha value is -1.88. The van der Waals surface area contributed by atoms with Gasteiger partial charge >= 0.3 is 0 Å². The lowest BCUT2D eigenvalue weighted by Crippen LogP contribution is -2.37. The monoisotopic (exact) mass is 289 g/mol. The molecule has 0 saturated carbocycles. The van der Waals surface area contributed by atoms with Crippen molar-refractivity contribution >= 4 is 11.8 Å². The highest BCUT2D eigenvalue weighted by atomic mass is 16.2. The first kappa shape index (κ1) is 15.5. The summed E-state index contributed by atoms with van der Waals surface area (Å²) >= 11 is 0. The first-order chi connectivity index (χ1) is 10.3. The van der Waals surface area contributed by atoms with Crippen LogP contribution in [0.4, 0.5) is 0 Å². The van der Waals surface area contributed by atoms with Gasteiger partial charge in [0.15, 0.2) is 0 Å². The maximum absolute atomic E-state index is 12.0. The number of carbonyl (C=O) groups is 2. The summed E-state index contributed by atoms with van der Waals surface area (Å²) in [6.07, 6.45) is 1.73. The van der Waals surface area contributed by atoms with Crippen molar-refractivity contribution in [2.45, 2.75) is 19.3 Å². The summed E-state index contributed by atoms with van der Waals surface area (Å²) in [5.74, 6) is 0.0882. The van der Waals surface area contributed by atoms with Crippen LogP contribution in [0, 0.1) is 0 Å². The summed E-state index contributed by atoms with van der Waals surface area (Å²) in [4.78, 5) is 25.7. The van der Waals surface area contributed by atoms with Crippen LogP contribution in [0.2, 0.25) is 0 Å². The van der Waals surface area contributed by atoms with Gasteiger partial charge in [0.1, 0.15) is 0 Å². The van der Waals surface area contributed by atoms with E-state index < -0.39 is 0 Å². The molecule has 0 aromatic heterocycles. The van der Waals surface area contributed by atoms with Crippen LogP contribution in [0.1, 0.15) is 18.4 Å². The van der Waals surface area contributed by atoms with Gasteiger partial charge in [-0.05, 0) is 18.5 Å². The predicted molar refractivity (Wildman–Crippen MR) is 81.8 cm³/mol. The lowest BCUT2D eigenvalue weighted by molar-refractivity contribution is -0.131. The third kappa shape index (κ3) is 5.55. The Labute approximate surface area is 125 Å². The highest BCUT2D eigenvalue weighted by Crippen LogP contribution is 2.00. The molecule has 1 aliphatic heterocycles. The highest BCUT2D eigenvalue weighted by Gasteiger charge is 2.14. The van der Waals surface area contributed by atoms with Crippen molar-refractivity contribution in [1.82, 2.24) is 15.5 Å². The normalized spacial score (nSPS) is 15.3. The fourth-order valence-corrected chi connectivity index (χ4v) is 2.41. The Morgan fingerprint density at radius 1 is 1.14 bits per heavy atom. The molecule has 1 aliphatic rings. The molecule has 1 aromatic rings. The number of rotatable bonds is 5. The zero-order valence-electron chi connectivity index (χ0n) is 12.3. The summed E-state index contributed by atoms with van der Waals surface area (Å²) < 4.78 is 0. The smallest absolute Gasteiger partial charge is 0.224 e. The molecule has 0 unspecified atom stereocenters. The van der Waals surface area contributed by atoms with E-state index in [2.05, 4.69) is 10.6 Å². The van der Waals surface area contributed by atoms with Crippen molar-refractivity contribution in [2.75, 3.05) is 32.7 Å². The van der Waals surface area contributed by atoms with Crippen LogP contribution in [0.5, 0.6) is 0 Å². The second-order valence-corrected chi connectivity index (χ2v) is 5.25. The number of carbonyl (C=O) groups excluding carboxylic acids is 2. The zero-order chi connectivity index (χ0) is 14.9. The van der Waals surface area contributed by atoms with Gasteiger partial charge in [0.05, 0.1) is 6.42 Å². The van der Waals surface area contributed by atoms with Crippen LogP contribution in [0.3, 0.4) is 0 Å². The molecular weight excluding hydrogens is 266 g/mol. The molecule has 2 N–H and O–H groups in total. The van der Waals surface area contributed by atoms with Crippen molar-refractivity contribution in [2.24, 2.45) is 0 Å². The second kappa shape index (κ2) is 8.42. The molecule has 2 amide bonds. The van der Waals surface area contributed by atoms with Gasteiger partial charge in [-0.3, -0.25) is 9.59 Å². The molecule has 114 valence electrons. The second-order valence-electron chi connectivity index (χ2n) is 5.25. The minimum absolute atomic E-state index is 0.0356. The Kier molecular flexibility index (Phi) is 6.22. The molecule has 0 aliphatic carbocycles. The average Bonchev–Trinajstić information content (AvgIpc) is 2.77. The van der Waals surface area contributed by atoms with E-state index in [4.69, 9.17) is 0 Å². The van der Waals surface area contributed by atoms with Gasteiger partial charge in [0, 0.05) is 32.6 Å². The van der Waals surface area contributed by atoms with Crippen LogP contribution in [-0.2, 0) is 16.0 Å². The quantitative estimate of drug-likeness (QED) is 0.832. The maximum atomic E-state index is 12.0. The lowest BCUT2D eigenvalue weighted by Gasteiger charge is -2.19. The van der Waals surface area contributed by atoms with Gasteiger partial charge in [-0.1, -0.05) is 30.3 Å². The molecule has 1 heterocycles. The van der Waals surface area contributed by atoms with E-state index in [1.165, 1.54) is 0 Å². The molecule has 0 spiro atoms. The van der Waals surface area contributed by atoms with Gasteiger partial charge in [-0.15, -0.1) is 0 Å². The van der Waals surface area contributed by atoms with Crippen LogP contribution in [-0.4, -0.2) is 49.4 Å². The SMILES string of the molecule is O=C(Cc1ccccc1)NCCC(=O)N1CCCNCC1. The van der Waals surface area contributed by atoms with Crippen molar-refractivity contribution < 1.29 is 9.59 Å². The van der Waals surface area contributed by atoms with Crippen LogP contribution in [0.15, 0.2) is 30.3 Å². The third-order valence-corrected chi connectivity index (χ3v) is 3.56. The van der Waals surface area contributed by atoms with E-state index in [0.29, 0.717) is 19.4 Å². The summed E-state index contributed by atoms with van der Waals surface area (Å²) in [6, 6.07) is 9.61. The number of benzene rings is 1. The van der Waals surface area contributed by atoms with Crippen LogP contribution < -0.4 is 10.6 Å². The van der Waals surface area contributed by atoms with Crippen molar-refractivity contribution in [3.8, 4) is 0 Å². The first-order valence-corrected chi connectivity index (χ1v) is 7.55. The molecule has 1 aromatic carbocycles. The summed E-state index contributed by atoms with van der Waals surface area (Å²) in [7, 11) is 0. The Balaban J connectivity index is 1.66. The van der Waals surface area contributed by atoms with E-state index in [1.54, 1.807) is 0 Å². The first-order valence-electron chi connectivity index (χ1n) is 7.55. The van der Waals surface area contributed by atoms with Gasteiger partial charge in [0.25, 0.3) is 0 Å². The van der Waals surface area contributed by atoms with Crippen molar-refractivity contribution in [1.29, 1.82) is 0 Å². The van der Waals surface area contributed by atoms with Crippen LogP contribution >= 0.6 is 0 Å². The molecule has 0 atom stereocenters. The number of nitrogens with zero attached hydrogens (tertiary/aromatic N) is 1. The minimum atomic E-state index is -0.0356. The number of nitrogens with one attached hydrogen (secondary N) is 2. The number of hydrogen-bond acceptors (Lipinski definition) is 3. The van der Waals surface area contributed by atoms with Gasteiger partial charge < -0.3 is 15.5 Å². The van der Waals surface area contributed by atoms with Crippen molar-refractivity contribution in [3.05, 3.63) is 35.9 Å². The molecule has 21 heavy (non-hydrogen) atoms. The van der Waals surface area contributed by atoms with Gasteiger partial charge in [-0.25, -0.2) is 0 Å². The molecule has 5 nitrogen and oxygen atoms in total. The highest BCUT2D eigenvalue weighted by molar-refractivity contribution is 5.80. The maximum Gasteiger partial charge on any atom is 0.224 e. The Morgan fingerprint density at radius 3 is 2.76 bits per heavy atom. The van der Waals surface area contributed by atoms with E-state index in [1.807, 2.05) is 35.2 Å². The van der Waals surface area contributed by atoms with Gasteiger partial charge in [0.2, 0.25) is 11.8 Å². The predicted octanol–water partition coefficient (Wildman–Crippen LogP) is 0.557.